The van der Waals surface area contributed by atoms with Crippen molar-refractivity contribution in [2.75, 3.05) is 24.6 Å². The topological polar surface area (TPSA) is 101 Å². The van der Waals surface area contributed by atoms with E-state index in [-0.39, 0.29) is 29.1 Å². The Morgan fingerprint density at radius 1 is 1.27 bits per heavy atom. The van der Waals surface area contributed by atoms with Crippen molar-refractivity contribution in [2.45, 2.75) is 45.7 Å². The highest BCUT2D eigenvalue weighted by Crippen LogP contribution is 2.19. The Hall–Kier alpha value is -1.90. The van der Waals surface area contributed by atoms with Gasteiger partial charge in [-0.1, -0.05) is 0 Å². The van der Waals surface area contributed by atoms with E-state index < -0.39 is 9.84 Å². The van der Waals surface area contributed by atoms with Crippen LogP contribution in [-0.4, -0.2) is 59.5 Å². The molecule has 3 heterocycles. The third-order valence-electron chi connectivity index (χ3n) is 5.43. The normalized spacial score (nSPS) is 23.2. The van der Waals surface area contributed by atoms with Crippen LogP contribution in [-0.2, 0) is 16.4 Å². The lowest BCUT2D eigenvalue weighted by atomic mass is 9.97. The van der Waals surface area contributed by atoms with E-state index in [2.05, 4.69) is 10.3 Å². The van der Waals surface area contributed by atoms with Crippen molar-refractivity contribution in [3.05, 3.63) is 27.9 Å². The van der Waals surface area contributed by atoms with Crippen LogP contribution in [0.3, 0.4) is 0 Å². The number of carbonyl (C=O) groups is 1. The van der Waals surface area contributed by atoms with E-state index in [1.165, 1.54) is 0 Å². The van der Waals surface area contributed by atoms with Gasteiger partial charge in [0.25, 0.3) is 5.56 Å². The van der Waals surface area contributed by atoms with Crippen molar-refractivity contribution in [2.24, 2.45) is 5.92 Å². The van der Waals surface area contributed by atoms with Gasteiger partial charge >= 0.3 is 6.03 Å². The number of urea groups is 1. The fourth-order valence-electron chi connectivity index (χ4n) is 3.58. The first-order chi connectivity index (χ1) is 12.2. The molecule has 3 rings (SSSR count). The highest BCUT2D eigenvalue weighted by Gasteiger charge is 2.31. The lowest BCUT2D eigenvalue weighted by Gasteiger charge is -2.33. The minimum absolute atomic E-state index is 0.000107. The second kappa shape index (κ2) is 7.38. The standard InChI is InChI=1S/C17H26N4O4S/c1-12-13(2)18-11-21(16(12)22)9-14-3-6-20(7-4-14)17(23)19-15-5-8-26(24,25)10-15/h11,14-15H,3-10H2,1-2H3,(H,19,23). The molecule has 2 fully saturated rings. The van der Waals surface area contributed by atoms with Gasteiger partial charge in [-0.3, -0.25) is 9.36 Å². The van der Waals surface area contributed by atoms with Crippen LogP contribution in [0, 0.1) is 19.8 Å². The number of nitrogens with zero attached hydrogens (tertiary/aromatic N) is 3. The average Bonchev–Trinajstić information content (AvgIpc) is 2.94. The van der Waals surface area contributed by atoms with Crippen LogP contribution >= 0.6 is 0 Å². The first-order valence-electron chi connectivity index (χ1n) is 9.03. The van der Waals surface area contributed by atoms with Crippen LogP contribution in [0.5, 0.6) is 0 Å². The molecule has 26 heavy (non-hydrogen) atoms. The number of aryl methyl sites for hydroxylation is 1. The van der Waals surface area contributed by atoms with Crippen LogP contribution in [0.1, 0.15) is 30.5 Å². The molecular formula is C17H26N4O4S. The minimum atomic E-state index is -3.00. The maximum atomic E-state index is 12.3. The third kappa shape index (κ3) is 4.25. The van der Waals surface area contributed by atoms with Crippen molar-refractivity contribution < 1.29 is 13.2 Å². The smallest absolute Gasteiger partial charge is 0.317 e. The summed E-state index contributed by atoms with van der Waals surface area (Å²) in [6.07, 6.45) is 3.73. The van der Waals surface area contributed by atoms with E-state index in [4.69, 9.17) is 0 Å². The summed E-state index contributed by atoms with van der Waals surface area (Å²) < 4.78 is 24.6. The zero-order chi connectivity index (χ0) is 18.9. The fourth-order valence-corrected chi connectivity index (χ4v) is 5.25. The fraction of sp³-hybridized carbons (Fsp3) is 0.706. The summed E-state index contributed by atoms with van der Waals surface area (Å²) in [6.45, 7) is 5.46. The molecule has 2 aliphatic heterocycles. The van der Waals surface area contributed by atoms with E-state index in [0.29, 0.717) is 37.5 Å². The number of carbonyl (C=O) groups excluding carboxylic acids is 1. The molecular weight excluding hydrogens is 356 g/mol. The van der Waals surface area contributed by atoms with Gasteiger partial charge in [0.15, 0.2) is 9.84 Å². The van der Waals surface area contributed by atoms with Gasteiger partial charge in [0.2, 0.25) is 0 Å². The molecule has 1 unspecified atom stereocenters. The Bertz CT molecular complexity index is 841. The Balaban J connectivity index is 1.51. The molecule has 1 aromatic rings. The third-order valence-corrected chi connectivity index (χ3v) is 7.20. The Morgan fingerprint density at radius 2 is 1.96 bits per heavy atom. The summed E-state index contributed by atoms with van der Waals surface area (Å²) in [6, 6.07) is -0.457. The number of sulfone groups is 1. The van der Waals surface area contributed by atoms with Gasteiger partial charge in [-0.25, -0.2) is 18.2 Å². The molecule has 1 N–H and O–H groups in total. The van der Waals surface area contributed by atoms with Gasteiger partial charge in [0.1, 0.15) is 0 Å². The average molecular weight is 382 g/mol. The van der Waals surface area contributed by atoms with Crippen molar-refractivity contribution in [1.82, 2.24) is 19.8 Å². The number of hydrogen-bond acceptors (Lipinski definition) is 5. The molecule has 0 aliphatic carbocycles. The lowest BCUT2D eigenvalue weighted by molar-refractivity contribution is 0.162. The predicted molar refractivity (Wildman–Crippen MR) is 97.9 cm³/mol. The molecule has 8 nitrogen and oxygen atoms in total. The van der Waals surface area contributed by atoms with Gasteiger partial charge in [-0.15, -0.1) is 0 Å². The second-order valence-corrected chi connectivity index (χ2v) is 9.62. The van der Waals surface area contributed by atoms with Crippen molar-refractivity contribution in [3.63, 3.8) is 0 Å². The van der Waals surface area contributed by atoms with Gasteiger partial charge in [-0.2, -0.15) is 0 Å². The number of aromatic nitrogens is 2. The molecule has 0 saturated carbocycles. The van der Waals surface area contributed by atoms with Gasteiger partial charge in [0, 0.05) is 36.9 Å². The summed E-state index contributed by atoms with van der Waals surface area (Å²) in [5.41, 5.74) is 1.43. The quantitative estimate of drug-likeness (QED) is 0.819. The Kier molecular flexibility index (Phi) is 5.36. The lowest BCUT2D eigenvalue weighted by Crippen LogP contribution is -2.48. The first kappa shape index (κ1) is 18.9. The maximum absolute atomic E-state index is 12.3. The molecule has 9 heteroatoms. The summed E-state index contributed by atoms with van der Waals surface area (Å²) in [5.74, 6) is 0.518. The van der Waals surface area contributed by atoms with Gasteiger partial charge in [-0.05, 0) is 39.0 Å². The summed E-state index contributed by atoms with van der Waals surface area (Å²) in [7, 11) is -3.00. The number of amides is 2. The molecule has 2 aliphatic rings. The van der Waals surface area contributed by atoms with E-state index in [9.17, 15) is 18.0 Å². The second-order valence-electron chi connectivity index (χ2n) is 7.39. The first-order valence-corrected chi connectivity index (χ1v) is 10.9. The zero-order valence-electron chi connectivity index (χ0n) is 15.3. The highest BCUT2D eigenvalue weighted by molar-refractivity contribution is 7.91. The maximum Gasteiger partial charge on any atom is 0.317 e. The number of hydrogen-bond donors (Lipinski definition) is 1. The molecule has 2 saturated heterocycles. The van der Waals surface area contributed by atoms with Crippen LogP contribution in [0.25, 0.3) is 0 Å². The van der Waals surface area contributed by atoms with E-state index in [1.54, 1.807) is 22.7 Å². The monoisotopic (exact) mass is 382 g/mol. The molecule has 0 aromatic carbocycles. The van der Waals surface area contributed by atoms with Crippen LogP contribution in [0.4, 0.5) is 4.79 Å². The number of nitrogens with one attached hydrogen (secondary N) is 1. The van der Waals surface area contributed by atoms with E-state index >= 15 is 0 Å². The minimum Gasteiger partial charge on any atom is -0.334 e. The molecule has 0 radical (unpaired) electrons. The van der Waals surface area contributed by atoms with Crippen molar-refractivity contribution >= 4 is 15.9 Å². The Morgan fingerprint density at radius 3 is 2.58 bits per heavy atom. The summed E-state index contributed by atoms with van der Waals surface area (Å²) in [4.78, 5) is 30.6. The predicted octanol–water partition coefficient (Wildman–Crippen LogP) is 0.469. The van der Waals surface area contributed by atoms with Crippen LogP contribution < -0.4 is 10.9 Å². The van der Waals surface area contributed by atoms with Crippen LogP contribution in [0.15, 0.2) is 11.1 Å². The summed E-state index contributed by atoms with van der Waals surface area (Å²) >= 11 is 0. The molecule has 144 valence electrons. The molecule has 1 aromatic heterocycles. The molecule has 0 bridgehead atoms. The van der Waals surface area contributed by atoms with Crippen LogP contribution in [0.2, 0.25) is 0 Å². The van der Waals surface area contributed by atoms with Gasteiger partial charge in [0.05, 0.1) is 17.8 Å². The SMILES string of the molecule is Cc1ncn(CC2CCN(C(=O)NC3CCS(=O)(=O)C3)CC2)c(=O)c1C. The molecule has 0 spiro atoms. The molecule has 1 atom stereocenters. The number of likely N-dealkylation sites (tertiary alicyclic amines) is 1. The summed E-state index contributed by atoms with van der Waals surface area (Å²) in [5, 5.41) is 2.83. The zero-order valence-corrected chi connectivity index (χ0v) is 16.1. The Labute approximate surface area is 153 Å². The number of rotatable bonds is 3. The van der Waals surface area contributed by atoms with Gasteiger partial charge < -0.3 is 10.2 Å². The van der Waals surface area contributed by atoms with Crippen molar-refractivity contribution in [1.29, 1.82) is 0 Å². The van der Waals surface area contributed by atoms with Crippen molar-refractivity contribution in [3.8, 4) is 0 Å². The highest BCUT2D eigenvalue weighted by atomic mass is 32.2. The number of piperidine rings is 1. The van der Waals surface area contributed by atoms with E-state index in [1.807, 2.05) is 6.92 Å². The van der Waals surface area contributed by atoms with E-state index in [0.717, 1.165) is 18.5 Å². The largest absolute Gasteiger partial charge is 0.334 e. The molecule has 2 amide bonds.